The summed E-state index contributed by atoms with van der Waals surface area (Å²) in [6.07, 6.45) is 1.71. The molecule has 0 unspecified atom stereocenters. The Bertz CT molecular complexity index is 1070. The van der Waals surface area contributed by atoms with Gasteiger partial charge in [-0.05, 0) is 28.3 Å². The summed E-state index contributed by atoms with van der Waals surface area (Å²) in [5.74, 6) is 0.259. The number of rotatable bonds is 4. The molecule has 0 radical (unpaired) electrons. The zero-order chi connectivity index (χ0) is 18.6. The Morgan fingerprint density at radius 3 is 1.52 bits per heavy atom. The van der Waals surface area contributed by atoms with Crippen LogP contribution in [0, 0.1) is 0 Å². The van der Waals surface area contributed by atoms with Crippen LogP contribution in [0.4, 0.5) is 0 Å². The smallest absolute Gasteiger partial charge is 0.131 e. The molecule has 0 atom stereocenters. The second-order valence-corrected chi connectivity index (χ2v) is 6.41. The lowest BCUT2D eigenvalue weighted by Crippen LogP contribution is -1.93. The lowest BCUT2D eigenvalue weighted by Gasteiger charge is -2.19. The molecule has 130 valence electrons. The van der Waals surface area contributed by atoms with Gasteiger partial charge in [0.05, 0.1) is 0 Å². The van der Waals surface area contributed by atoms with Gasteiger partial charge in [-0.3, -0.25) is 0 Å². The van der Waals surface area contributed by atoms with Crippen LogP contribution in [0.2, 0.25) is 0 Å². The van der Waals surface area contributed by atoms with Crippen molar-refractivity contribution in [1.29, 1.82) is 0 Å². The van der Waals surface area contributed by atoms with E-state index in [4.69, 9.17) is 0 Å². The number of benzene rings is 4. The topological polar surface area (TPSA) is 20.2 Å². The van der Waals surface area contributed by atoms with Crippen LogP contribution in [0.5, 0.6) is 5.75 Å². The van der Waals surface area contributed by atoms with E-state index in [1.54, 1.807) is 6.08 Å². The van der Waals surface area contributed by atoms with Crippen molar-refractivity contribution < 1.29 is 5.11 Å². The third kappa shape index (κ3) is 3.16. The second-order valence-electron chi connectivity index (χ2n) is 6.41. The van der Waals surface area contributed by atoms with Gasteiger partial charge < -0.3 is 5.11 Å². The van der Waals surface area contributed by atoms with Crippen LogP contribution in [0.15, 0.2) is 104 Å². The van der Waals surface area contributed by atoms with Crippen LogP contribution in [0.3, 0.4) is 0 Å². The van der Waals surface area contributed by atoms with Crippen molar-refractivity contribution in [2.75, 3.05) is 0 Å². The summed E-state index contributed by atoms with van der Waals surface area (Å²) in [7, 11) is 0. The molecule has 4 aromatic carbocycles. The van der Waals surface area contributed by atoms with Crippen LogP contribution in [0.1, 0.15) is 5.56 Å². The molecule has 1 N–H and O–H groups in total. The Kier molecular flexibility index (Phi) is 4.59. The molecule has 27 heavy (non-hydrogen) atoms. The van der Waals surface area contributed by atoms with Crippen molar-refractivity contribution >= 4 is 6.08 Å². The number of hydrogen-bond donors (Lipinski definition) is 1. The standard InChI is InChI=1S/C26H20O/c1-2-19-18-23(20-12-6-3-7-13-20)24(21-14-8-4-9-15-21)25(26(19)27)22-16-10-5-11-17-22/h2-18,27H,1H2. The third-order valence-electron chi connectivity index (χ3n) is 4.76. The van der Waals surface area contributed by atoms with Crippen molar-refractivity contribution in [3.63, 3.8) is 0 Å². The summed E-state index contributed by atoms with van der Waals surface area (Å²) in [5, 5.41) is 11.1. The number of phenolic OH excluding ortho intramolecular Hbond substituents is 1. The molecule has 0 amide bonds. The largest absolute Gasteiger partial charge is 0.507 e. The minimum Gasteiger partial charge on any atom is -0.507 e. The van der Waals surface area contributed by atoms with E-state index in [-0.39, 0.29) is 5.75 Å². The van der Waals surface area contributed by atoms with Gasteiger partial charge in [-0.15, -0.1) is 0 Å². The summed E-state index contributed by atoms with van der Waals surface area (Å²) in [5.41, 5.74) is 6.82. The van der Waals surface area contributed by atoms with Gasteiger partial charge in [0.1, 0.15) is 5.75 Å². The van der Waals surface area contributed by atoms with Gasteiger partial charge in [0.15, 0.2) is 0 Å². The Balaban J connectivity index is 2.15. The maximum absolute atomic E-state index is 11.1. The first-order chi connectivity index (χ1) is 13.3. The Labute approximate surface area is 159 Å². The molecule has 0 saturated heterocycles. The molecule has 4 aromatic rings. The van der Waals surface area contributed by atoms with Crippen LogP contribution in [0.25, 0.3) is 39.5 Å². The van der Waals surface area contributed by atoms with Crippen LogP contribution in [-0.4, -0.2) is 5.11 Å². The molecule has 4 rings (SSSR count). The van der Waals surface area contributed by atoms with E-state index in [0.29, 0.717) is 0 Å². The lowest BCUT2D eigenvalue weighted by molar-refractivity contribution is 0.476. The highest BCUT2D eigenvalue weighted by Crippen LogP contribution is 2.46. The summed E-state index contributed by atoms with van der Waals surface area (Å²) in [6.45, 7) is 3.90. The zero-order valence-electron chi connectivity index (χ0n) is 15.0. The van der Waals surface area contributed by atoms with Crippen LogP contribution in [-0.2, 0) is 0 Å². The van der Waals surface area contributed by atoms with Gasteiger partial charge in [0, 0.05) is 16.7 Å². The molecule has 0 aliphatic heterocycles. The summed E-state index contributed by atoms with van der Waals surface area (Å²) in [6, 6.07) is 32.6. The van der Waals surface area contributed by atoms with Crippen molar-refractivity contribution in [1.82, 2.24) is 0 Å². The molecule has 0 aliphatic rings. The fourth-order valence-corrected chi connectivity index (χ4v) is 3.48. The predicted octanol–water partition coefficient (Wildman–Crippen LogP) is 7.04. The Morgan fingerprint density at radius 1 is 0.593 bits per heavy atom. The van der Waals surface area contributed by atoms with E-state index in [1.807, 2.05) is 72.8 Å². The fourth-order valence-electron chi connectivity index (χ4n) is 3.48. The maximum atomic E-state index is 11.1. The highest BCUT2D eigenvalue weighted by molar-refractivity contribution is 5.99. The first kappa shape index (κ1) is 16.9. The van der Waals surface area contributed by atoms with E-state index >= 15 is 0 Å². The van der Waals surface area contributed by atoms with Gasteiger partial charge in [-0.2, -0.15) is 0 Å². The highest BCUT2D eigenvalue weighted by Gasteiger charge is 2.20. The van der Waals surface area contributed by atoms with Crippen LogP contribution >= 0.6 is 0 Å². The van der Waals surface area contributed by atoms with Crippen LogP contribution < -0.4 is 0 Å². The minimum absolute atomic E-state index is 0.259. The molecule has 0 spiro atoms. The molecule has 0 aromatic heterocycles. The zero-order valence-corrected chi connectivity index (χ0v) is 15.0. The monoisotopic (exact) mass is 348 g/mol. The van der Waals surface area contributed by atoms with Gasteiger partial charge in [0.2, 0.25) is 0 Å². The van der Waals surface area contributed by atoms with Crippen molar-refractivity contribution in [3.05, 3.63) is 109 Å². The molecule has 0 saturated carbocycles. The van der Waals surface area contributed by atoms with Crippen molar-refractivity contribution in [2.45, 2.75) is 0 Å². The van der Waals surface area contributed by atoms with Gasteiger partial charge in [-0.1, -0.05) is 104 Å². The molecule has 0 bridgehead atoms. The highest BCUT2D eigenvalue weighted by atomic mass is 16.3. The molecular formula is C26H20O. The van der Waals surface area contributed by atoms with Crippen molar-refractivity contribution in [2.24, 2.45) is 0 Å². The Morgan fingerprint density at radius 2 is 1.04 bits per heavy atom. The van der Waals surface area contributed by atoms with E-state index < -0.39 is 0 Å². The first-order valence-electron chi connectivity index (χ1n) is 8.98. The van der Waals surface area contributed by atoms with Gasteiger partial charge in [-0.25, -0.2) is 0 Å². The van der Waals surface area contributed by atoms with E-state index in [1.165, 1.54) is 0 Å². The lowest BCUT2D eigenvalue weighted by atomic mass is 9.85. The van der Waals surface area contributed by atoms with Crippen molar-refractivity contribution in [3.8, 4) is 39.1 Å². The summed E-state index contributed by atoms with van der Waals surface area (Å²) in [4.78, 5) is 0. The quantitative estimate of drug-likeness (QED) is 0.419. The van der Waals surface area contributed by atoms with E-state index in [9.17, 15) is 5.11 Å². The second kappa shape index (κ2) is 7.35. The SMILES string of the molecule is C=Cc1cc(-c2ccccc2)c(-c2ccccc2)c(-c2ccccc2)c1O. The Hall–Kier alpha value is -3.58. The average Bonchev–Trinajstić information content (AvgIpc) is 2.75. The number of aromatic hydroxyl groups is 1. The molecule has 1 nitrogen and oxygen atoms in total. The van der Waals surface area contributed by atoms with Gasteiger partial charge >= 0.3 is 0 Å². The predicted molar refractivity (Wildman–Crippen MR) is 115 cm³/mol. The normalized spacial score (nSPS) is 10.5. The third-order valence-corrected chi connectivity index (χ3v) is 4.76. The molecule has 0 heterocycles. The molecular weight excluding hydrogens is 328 g/mol. The summed E-state index contributed by atoms with van der Waals surface area (Å²) < 4.78 is 0. The molecule has 1 heteroatoms. The minimum atomic E-state index is 0.259. The van der Waals surface area contributed by atoms with Gasteiger partial charge in [0.25, 0.3) is 0 Å². The van der Waals surface area contributed by atoms with E-state index in [2.05, 4.69) is 30.8 Å². The summed E-state index contributed by atoms with van der Waals surface area (Å²) >= 11 is 0. The molecule has 0 aliphatic carbocycles. The first-order valence-corrected chi connectivity index (χ1v) is 8.98. The average molecular weight is 348 g/mol. The van der Waals surface area contributed by atoms with E-state index in [0.717, 1.165) is 38.9 Å². The molecule has 0 fully saturated rings. The number of phenols is 1. The number of hydrogen-bond acceptors (Lipinski definition) is 1. The maximum Gasteiger partial charge on any atom is 0.131 e. The fraction of sp³-hybridized carbons (Fsp3) is 0.